The van der Waals surface area contributed by atoms with E-state index in [0.717, 1.165) is 22.2 Å². The molecule has 0 radical (unpaired) electrons. The minimum absolute atomic E-state index is 0.260. The van der Waals surface area contributed by atoms with Crippen molar-refractivity contribution in [1.82, 2.24) is 0 Å². The highest BCUT2D eigenvalue weighted by Gasteiger charge is 2.14. The summed E-state index contributed by atoms with van der Waals surface area (Å²) in [6.45, 7) is 7.25. The van der Waals surface area contributed by atoms with Gasteiger partial charge in [0.1, 0.15) is 0 Å². The van der Waals surface area contributed by atoms with Gasteiger partial charge in [0.25, 0.3) is 0 Å². The van der Waals surface area contributed by atoms with Crippen molar-refractivity contribution in [2.45, 2.75) is 33.1 Å². The Hall–Kier alpha value is -0.410. The van der Waals surface area contributed by atoms with E-state index in [4.69, 9.17) is 21.1 Å². The third-order valence-electron chi connectivity index (χ3n) is 2.54. The van der Waals surface area contributed by atoms with Gasteiger partial charge in [-0.25, -0.2) is 0 Å². The van der Waals surface area contributed by atoms with Crippen LogP contribution in [0.15, 0.2) is 16.6 Å². The molecule has 0 atom stereocenters. The molecule has 0 unspecified atom stereocenters. The number of methoxy groups -OCH3 is 1. The molecule has 0 saturated carbocycles. The minimum Gasteiger partial charge on any atom is -0.493 e. The van der Waals surface area contributed by atoms with Gasteiger partial charge in [0.05, 0.1) is 18.2 Å². The second kappa shape index (κ2) is 6.67. The average Bonchev–Trinajstić information content (AvgIpc) is 2.29. The standard InChI is InChI=1S/C14H20BrClO2/c1-14(2,3)5-6-18-13-11(15)7-10(9-16)8-12(13)17-4/h7-8H,5-6,9H2,1-4H3. The summed E-state index contributed by atoms with van der Waals surface area (Å²) < 4.78 is 12.0. The van der Waals surface area contributed by atoms with Crippen LogP contribution in [0.3, 0.4) is 0 Å². The van der Waals surface area contributed by atoms with Crippen LogP contribution in [0, 0.1) is 5.41 Å². The van der Waals surface area contributed by atoms with Crippen molar-refractivity contribution >= 4 is 27.5 Å². The Labute approximate surface area is 123 Å². The van der Waals surface area contributed by atoms with E-state index in [0.29, 0.717) is 18.2 Å². The summed E-state index contributed by atoms with van der Waals surface area (Å²) in [4.78, 5) is 0. The van der Waals surface area contributed by atoms with E-state index in [2.05, 4.69) is 36.7 Å². The molecule has 0 aliphatic carbocycles. The highest BCUT2D eigenvalue weighted by Crippen LogP contribution is 2.37. The second-order valence-electron chi connectivity index (χ2n) is 5.40. The van der Waals surface area contributed by atoms with Crippen LogP contribution >= 0.6 is 27.5 Å². The third-order valence-corrected chi connectivity index (χ3v) is 3.44. The van der Waals surface area contributed by atoms with Gasteiger partial charge in [0.2, 0.25) is 0 Å². The van der Waals surface area contributed by atoms with Gasteiger partial charge in [0.15, 0.2) is 11.5 Å². The summed E-state index contributed by atoms with van der Waals surface area (Å²) in [5.74, 6) is 1.92. The van der Waals surface area contributed by atoms with E-state index in [9.17, 15) is 0 Å². The van der Waals surface area contributed by atoms with Crippen LogP contribution in [-0.4, -0.2) is 13.7 Å². The quantitative estimate of drug-likeness (QED) is 0.704. The van der Waals surface area contributed by atoms with Gasteiger partial charge in [-0.1, -0.05) is 20.8 Å². The van der Waals surface area contributed by atoms with E-state index >= 15 is 0 Å². The molecule has 1 aromatic rings. The summed E-state index contributed by atoms with van der Waals surface area (Å²) >= 11 is 9.32. The predicted molar refractivity (Wildman–Crippen MR) is 79.8 cm³/mol. The summed E-state index contributed by atoms with van der Waals surface area (Å²) in [6, 6.07) is 3.87. The first-order valence-corrected chi connectivity index (χ1v) is 7.25. The summed E-state index contributed by atoms with van der Waals surface area (Å²) in [5, 5.41) is 0. The fourth-order valence-electron chi connectivity index (χ4n) is 1.45. The Bertz CT molecular complexity index is 400. The topological polar surface area (TPSA) is 18.5 Å². The van der Waals surface area contributed by atoms with Crippen molar-refractivity contribution in [3.63, 3.8) is 0 Å². The number of rotatable bonds is 5. The normalized spacial score (nSPS) is 11.4. The Morgan fingerprint density at radius 1 is 1.28 bits per heavy atom. The molecule has 1 rings (SSSR count). The van der Waals surface area contributed by atoms with Gasteiger partial charge in [-0.3, -0.25) is 0 Å². The Morgan fingerprint density at radius 2 is 1.94 bits per heavy atom. The minimum atomic E-state index is 0.260. The fourth-order valence-corrected chi connectivity index (χ4v) is 2.21. The monoisotopic (exact) mass is 334 g/mol. The lowest BCUT2D eigenvalue weighted by atomic mass is 9.93. The van der Waals surface area contributed by atoms with Gasteiger partial charge in [-0.05, 0) is 45.5 Å². The Balaban J connectivity index is 2.81. The van der Waals surface area contributed by atoms with Crippen molar-refractivity contribution in [2.75, 3.05) is 13.7 Å². The molecule has 0 aliphatic rings. The molecule has 2 nitrogen and oxygen atoms in total. The van der Waals surface area contributed by atoms with E-state index < -0.39 is 0 Å². The van der Waals surface area contributed by atoms with Crippen LogP contribution in [0.4, 0.5) is 0 Å². The Kier molecular flexibility index (Phi) is 5.80. The highest BCUT2D eigenvalue weighted by molar-refractivity contribution is 9.10. The SMILES string of the molecule is COc1cc(CCl)cc(Br)c1OCCC(C)(C)C. The number of hydrogen-bond donors (Lipinski definition) is 0. The second-order valence-corrected chi connectivity index (χ2v) is 6.52. The van der Waals surface area contributed by atoms with E-state index in [1.807, 2.05) is 12.1 Å². The van der Waals surface area contributed by atoms with E-state index in [-0.39, 0.29) is 5.41 Å². The number of halogens is 2. The number of benzene rings is 1. The average molecular weight is 336 g/mol. The molecule has 0 saturated heterocycles. The maximum absolute atomic E-state index is 5.83. The summed E-state index contributed by atoms with van der Waals surface area (Å²) in [5.41, 5.74) is 1.26. The molecule has 4 heteroatoms. The molecule has 0 spiro atoms. The van der Waals surface area contributed by atoms with Gasteiger partial charge in [0, 0.05) is 5.88 Å². The molecule has 0 aromatic heterocycles. The van der Waals surface area contributed by atoms with Crippen molar-refractivity contribution in [2.24, 2.45) is 5.41 Å². The molecule has 0 heterocycles. The molecule has 0 bridgehead atoms. The van der Waals surface area contributed by atoms with Gasteiger partial charge in [-0.15, -0.1) is 11.6 Å². The molecular formula is C14H20BrClO2. The summed E-state index contributed by atoms with van der Waals surface area (Å²) in [6.07, 6.45) is 0.986. The number of alkyl halides is 1. The molecule has 0 aliphatic heterocycles. The zero-order valence-electron chi connectivity index (χ0n) is 11.3. The molecule has 0 fully saturated rings. The first-order valence-electron chi connectivity index (χ1n) is 5.92. The van der Waals surface area contributed by atoms with Crippen molar-refractivity contribution in [3.05, 3.63) is 22.2 Å². The van der Waals surface area contributed by atoms with Crippen molar-refractivity contribution in [3.8, 4) is 11.5 Å². The van der Waals surface area contributed by atoms with Gasteiger partial charge >= 0.3 is 0 Å². The van der Waals surface area contributed by atoms with Crippen LogP contribution in [0.1, 0.15) is 32.8 Å². The van der Waals surface area contributed by atoms with E-state index in [1.165, 1.54) is 0 Å². The van der Waals surface area contributed by atoms with Crippen LogP contribution in [-0.2, 0) is 5.88 Å². The molecular weight excluding hydrogens is 316 g/mol. The lowest BCUT2D eigenvalue weighted by molar-refractivity contribution is 0.233. The fraction of sp³-hybridized carbons (Fsp3) is 0.571. The number of ether oxygens (including phenoxy) is 2. The molecule has 102 valence electrons. The van der Waals surface area contributed by atoms with Gasteiger partial charge < -0.3 is 9.47 Å². The first kappa shape index (κ1) is 15.6. The molecule has 0 amide bonds. The molecule has 1 aromatic carbocycles. The zero-order valence-corrected chi connectivity index (χ0v) is 13.7. The first-order chi connectivity index (χ1) is 8.37. The summed E-state index contributed by atoms with van der Waals surface area (Å²) in [7, 11) is 1.64. The van der Waals surface area contributed by atoms with Crippen molar-refractivity contribution in [1.29, 1.82) is 0 Å². The zero-order chi connectivity index (χ0) is 13.8. The van der Waals surface area contributed by atoms with E-state index in [1.54, 1.807) is 7.11 Å². The van der Waals surface area contributed by atoms with Crippen LogP contribution in [0.25, 0.3) is 0 Å². The molecule has 0 N–H and O–H groups in total. The van der Waals surface area contributed by atoms with Crippen LogP contribution in [0.2, 0.25) is 0 Å². The smallest absolute Gasteiger partial charge is 0.175 e. The molecule has 18 heavy (non-hydrogen) atoms. The highest BCUT2D eigenvalue weighted by atomic mass is 79.9. The van der Waals surface area contributed by atoms with Crippen LogP contribution in [0.5, 0.6) is 11.5 Å². The van der Waals surface area contributed by atoms with Crippen molar-refractivity contribution < 1.29 is 9.47 Å². The lowest BCUT2D eigenvalue weighted by Crippen LogP contribution is -2.11. The number of hydrogen-bond acceptors (Lipinski definition) is 2. The lowest BCUT2D eigenvalue weighted by Gasteiger charge is -2.19. The third kappa shape index (κ3) is 4.69. The predicted octanol–water partition coefficient (Wildman–Crippen LogP) is 5.01. The van der Waals surface area contributed by atoms with Crippen LogP contribution < -0.4 is 9.47 Å². The largest absolute Gasteiger partial charge is 0.493 e. The Morgan fingerprint density at radius 3 is 2.44 bits per heavy atom. The maximum Gasteiger partial charge on any atom is 0.175 e. The van der Waals surface area contributed by atoms with Gasteiger partial charge in [-0.2, -0.15) is 0 Å². The maximum atomic E-state index is 5.83.